The summed E-state index contributed by atoms with van der Waals surface area (Å²) in [5.74, 6) is 0.116. The van der Waals surface area contributed by atoms with Gasteiger partial charge in [-0.15, -0.1) is 0 Å². The SMILES string of the molecule is C=CC(=C)CN1SC(=O)CC(C(C)CC)C1=O. The van der Waals surface area contributed by atoms with Gasteiger partial charge in [-0.05, 0) is 11.5 Å². The van der Waals surface area contributed by atoms with Crippen LogP contribution in [-0.4, -0.2) is 21.9 Å². The summed E-state index contributed by atoms with van der Waals surface area (Å²) in [5, 5.41) is 0.0618. The molecule has 1 aliphatic rings. The minimum Gasteiger partial charge on any atom is -0.285 e. The minimum atomic E-state index is -0.175. The molecular formula is C13H19NO2S. The normalized spacial score (nSPS) is 22.5. The minimum absolute atomic E-state index is 0.0481. The van der Waals surface area contributed by atoms with Crippen LogP contribution in [0.2, 0.25) is 0 Å². The average molecular weight is 253 g/mol. The van der Waals surface area contributed by atoms with Crippen molar-refractivity contribution in [3.63, 3.8) is 0 Å². The number of carbonyl (C=O) groups excluding carboxylic acids is 2. The van der Waals surface area contributed by atoms with E-state index in [9.17, 15) is 9.59 Å². The zero-order valence-electron chi connectivity index (χ0n) is 10.4. The first-order valence-electron chi connectivity index (χ1n) is 5.82. The molecule has 1 aliphatic heterocycles. The van der Waals surface area contributed by atoms with Crippen LogP contribution >= 0.6 is 11.9 Å². The smallest absolute Gasteiger partial charge is 0.236 e. The Labute approximate surface area is 107 Å². The molecule has 0 N–H and O–H groups in total. The standard InChI is InChI=1S/C13H19NO2S/c1-5-9(3)8-14-13(16)11(10(4)6-2)7-12(15)17-14/h5,10-11H,1,3,6-8H2,2,4H3. The van der Waals surface area contributed by atoms with Gasteiger partial charge in [0.25, 0.3) is 0 Å². The Morgan fingerprint density at radius 2 is 2.29 bits per heavy atom. The molecule has 1 saturated heterocycles. The van der Waals surface area contributed by atoms with E-state index in [1.165, 1.54) is 4.31 Å². The second kappa shape index (κ2) is 6.05. The molecule has 0 aromatic carbocycles. The first kappa shape index (κ1) is 14.0. The van der Waals surface area contributed by atoms with Crippen molar-refractivity contribution in [1.82, 2.24) is 4.31 Å². The summed E-state index contributed by atoms with van der Waals surface area (Å²) in [4.78, 5) is 23.8. The number of nitrogens with zero attached hydrogens (tertiary/aromatic N) is 1. The maximum Gasteiger partial charge on any atom is 0.236 e. The summed E-state index contributed by atoms with van der Waals surface area (Å²) in [6, 6.07) is 0. The molecule has 1 rings (SSSR count). The third-order valence-corrected chi connectivity index (χ3v) is 4.03. The van der Waals surface area contributed by atoms with Gasteiger partial charge in [-0.1, -0.05) is 39.5 Å². The highest BCUT2D eigenvalue weighted by atomic mass is 32.2. The van der Waals surface area contributed by atoms with Crippen LogP contribution in [0.3, 0.4) is 0 Å². The summed E-state index contributed by atoms with van der Waals surface area (Å²) in [6.45, 7) is 11.8. The lowest BCUT2D eigenvalue weighted by Gasteiger charge is -2.32. The zero-order valence-corrected chi connectivity index (χ0v) is 11.3. The third-order valence-electron chi connectivity index (χ3n) is 3.13. The van der Waals surface area contributed by atoms with Crippen molar-refractivity contribution in [2.45, 2.75) is 26.7 Å². The molecule has 0 bridgehead atoms. The highest BCUT2D eigenvalue weighted by Gasteiger charge is 2.36. The Balaban J connectivity index is 2.78. The molecule has 0 saturated carbocycles. The van der Waals surface area contributed by atoms with E-state index in [0.717, 1.165) is 23.9 Å². The number of hydrogen-bond donors (Lipinski definition) is 0. The highest BCUT2D eigenvalue weighted by Crippen LogP contribution is 2.33. The second-order valence-corrected chi connectivity index (χ2v) is 5.48. The lowest BCUT2D eigenvalue weighted by Crippen LogP contribution is -2.41. The predicted molar refractivity (Wildman–Crippen MR) is 71.2 cm³/mol. The monoisotopic (exact) mass is 253 g/mol. The molecule has 2 atom stereocenters. The van der Waals surface area contributed by atoms with E-state index in [1.54, 1.807) is 6.08 Å². The van der Waals surface area contributed by atoms with E-state index in [-0.39, 0.29) is 22.9 Å². The Morgan fingerprint density at radius 3 is 2.82 bits per heavy atom. The van der Waals surface area contributed by atoms with E-state index in [4.69, 9.17) is 0 Å². The van der Waals surface area contributed by atoms with E-state index < -0.39 is 0 Å². The summed E-state index contributed by atoms with van der Waals surface area (Å²) in [5.41, 5.74) is 0.753. The Kier molecular flexibility index (Phi) is 5.00. The van der Waals surface area contributed by atoms with Gasteiger partial charge in [-0.25, -0.2) is 0 Å². The number of rotatable bonds is 5. The fourth-order valence-electron chi connectivity index (χ4n) is 1.75. The molecule has 2 unspecified atom stereocenters. The van der Waals surface area contributed by atoms with Crippen molar-refractivity contribution in [3.8, 4) is 0 Å². The van der Waals surface area contributed by atoms with Gasteiger partial charge in [0.15, 0.2) is 0 Å². The van der Waals surface area contributed by atoms with Crippen molar-refractivity contribution < 1.29 is 9.59 Å². The van der Waals surface area contributed by atoms with Crippen molar-refractivity contribution >= 4 is 23.0 Å². The maximum absolute atomic E-state index is 12.2. The topological polar surface area (TPSA) is 37.4 Å². The first-order chi connectivity index (χ1) is 7.99. The summed E-state index contributed by atoms with van der Waals surface area (Å²) < 4.78 is 1.52. The Morgan fingerprint density at radius 1 is 1.65 bits per heavy atom. The lowest BCUT2D eigenvalue weighted by molar-refractivity contribution is -0.135. The molecule has 0 radical (unpaired) electrons. The molecule has 4 heteroatoms. The van der Waals surface area contributed by atoms with Crippen LogP contribution in [0.15, 0.2) is 24.8 Å². The van der Waals surface area contributed by atoms with E-state index in [0.29, 0.717) is 13.0 Å². The van der Waals surface area contributed by atoms with Gasteiger partial charge in [0.2, 0.25) is 11.0 Å². The fourth-order valence-corrected chi connectivity index (χ4v) is 2.70. The van der Waals surface area contributed by atoms with Crippen LogP contribution < -0.4 is 0 Å². The van der Waals surface area contributed by atoms with Gasteiger partial charge in [-0.2, -0.15) is 0 Å². The predicted octanol–water partition coefficient (Wildman–Crippen LogP) is 2.80. The van der Waals surface area contributed by atoms with E-state index >= 15 is 0 Å². The maximum atomic E-state index is 12.2. The van der Waals surface area contributed by atoms with Gasteiger partial charge in [-0.3, -0.25) is 13.9 Å². The lowest BCUT2D eigenvalue weighted by atomic mass is 9.88. The molecule has 0 aliphatic carbocycles. The van der Waals surface area contributed by atoms with Gasteiger partial charge in [0, 0.05) is 24.3 Å². The van der Waals surface area contributed by atoms with Gasteiger partial charge >= 0.3 is 0 Å². The molecule has 94 valence electrons. The molecule has 1 heterocycles. The molecule has 17 heavy (non-hydrogen) atoms. The van der Waals surface area contributed by atoms with E-state index in [2.05, 4.69) is 13.2 Å². The second-order valence-electron chi connectivity index (χ2n) is 4.40. The third kappa shape index (κ3) is 3.46. The summed E-state index contributed by atoms with van der Waals surface area (Å²) in [6.07, 6.45) is 2.88. The van der Waals surface area contributed by atoms with Crippen LogP contribution in [0, 0.1) is 11.8 Å². The molecule has 0 aromatic rings. The van der Waals surface area contributed by atoms with Crippen LogP contribution in [0.1, 0.15) is 26.7 Å². The van der Waals surface area contributed by atoms with Crippen molar-refractivity contribution in [1.29, 1.82) is 0 Å². The van der Waals surface area contributed by atoms with Crippen LogP contribution in [0.5, 0.6) is 0 Å². The molecule has 1 fully saturated rings. The Hall–Kier alpha value is -1.03. The van der Waals surface area contributed by atoms with E-state index in [1.807, 2.05) is 13.8 Å². The van der Waals surface area contributed by atoms with Crippen LogP contribution in [0.25, 0.3) is 0 Å². The Bertz CT molecular complexity index is 351. The van der Waals surface area contributed by atoms with Gasteiger partial charge < -0.3 is 0 Å². The fraction of sp³-hybridized carbons (Fsp3) is 0.538. The summed E-state index contributed by atoms with van der Waals surface area (Å²) >= 11 is 1.01. The number of carbonyl (C=O) groups is 2. The highest BCUT2D eigenvalue weighted by molar-refractivity contribution is 8.12. The molecule has 3 nitrogen and oxygen atoms in total. The van der Waals surface area contributed by atoms with Crippen molar-refractivity contribution in [3.05, 3.63) is 24.8 Å². The summed E-state index contributed by atoms with van der Waals surface area (Å²) in [7, 11) is 0. The number of amides is 1. The van der Waals surface area contributed by atoms with Gasteiger partial charge in [0.05, 0.1) is 6.54 Å². The first-order valence-corrected chi connectivity index (χ1v) is 6.59. The van der Waals surface area contributed by atoms with Crippen molar-refractivity contribution in [2.75, 3.05) is 6.54 Å². The quantitative estimate of drug-likeness (QED) is 0.558. The molecule has 0 aromatic heterocycles. The van der Waals surface area contributed by atoms with Crippen molar-refractivity contribution in [2.24, 2.45) is 11.8 Å². The average Bonchev–Trinajstić information content (AvgIpc) is 2.32. The molecular weight excluding hydrogens is 234 g/mol. The largest absolute Gasteiger partial charge is 0.285 e. The van der Waals surface area contributed by atoms with Gasteiger partial charge in [0.1, 0.15) is 0 Å². The number of hydrogen-bond acceptors (Lipinski definition) is 3. The van der Waals surface area contributed by atoms with Crippen LogP contribution in [0.4, 0.5) is 0 Å². The molecule has 0 spiro atoms. The van der Waals surface area contributed by atoms with Crippen LogP contribution in [-0.2, 0) is 9.59 Å². The molecule has 1 amide bonds. The zero-order chi connectivity index (χ0) is 13.0.